The largest absolute Gasteiger partial charge is 0.386 e. The van der Waals surface area contributed by atoms with Gasteiger partial charge >= 0.3 is 0 Å². The van der Waals surface area contributed by atoms with Crippen molar-refractivity contribution in [1.82, 2.24) is 0 Å². The molecule has 0 bridgehead atoms. The molecule has 0 spiro atoms. The van der Waals surface area contributed by atoms with Crippen molar-refractivity contribution in [2.24, 2.45) is 11.5 Å². The zero-order valence-corrected chi connectivity index (χ0v) is 4.36. The summed E-state index contributed by atoms with van der Waals surface area (Å²) in [6.07, 6.45) is 0. The summed E-state index contributed by atoms with van der Waals surface area (Å²) < 4.78 is 0. The number of hydrogen-bond donors (Lipinski definition) is 2. The van der Waals surface area contributed by atoms with E-state index >= 15 is 0 Å². The van der Waals surface area contributed by atoms with Gasteiger partial charge in [-0.2, -0.15) is 0 Å². The van der Waals surface area contributed by atoms with Crippen LogP contribution in [0.5, 0.6) is 0 Å². The minimum Gasteiger partial charge on any atom is -0.386 e. The Hall–Kier alpha value is -0.660. The summed E-state index contributed by atoms with van der Waals surface area (Å²) in [6.45, 7) is 7.11. The fraction of sp³-hybridized carbons (Fsp3) is 0.500. The second kappa shape index (κ2) is 8.84. The number of hydrogen-bond acceptors (Lipinski definition) is 2. The molecule has 2 heteroatoms. The Morgan fingerprint density at radius 3 is 1.50 bits per heavy atom. The van der Waals surface area contributed by atoms with Crippen LogP contribution in [-0.4, -0.2) is 0 Å². The highest BCUT2D eigenvalue weighted by atomic mass is 14.8. The van der Waals surface area contributed by atoms with E-state index in [4.69, 9.17) is 11.5 Å². The zero-order chi connectivity index (χ0) is 5.58. The van der Waals surface area contributed by atoms with Crippen LogP contribution in [0.2, 0.25) is 0 Å². The number of nitrogens with two attached hydrogens (primary N) is 2. The second-order valence-electron chi connectivity index (χ2n) is 0.575. The van der Waals surface area contributed by atoms with E-state index in [1.165, 1.54) is 0 Å². The smallest absolute Gasteiger partial charge is 0.0859 e. The molecule has 0 aliphatic rings. The summed E-state index contributed by atoms with van der Waals surface area (Å²) >= 11 is 0. The van der Waals surface area contributed by atoms with Gasteiger partial charge < -0.3 is 11.5 Å². The van der Waals surface area contributed by atoms with Crippen LogP contribution in [0.4, 0.5) is 0 Å². The van der Waals surface area contributed by atoms with Crippen molar-refractivity contribution in [2.75, 3.05) is 0 Å². The Morgan fingerprint density at radius 1 is 1.50 bits per heavy atom. The van der Waals surface area contributed by atoms with Gasteiger partial charge in [0.25, 0.3) is 0 Å². The summed E-state index contributed by atoms with van der Waals surface area (Å²) in [7, 11) is 0. The minimum absolute atomic E-state index is 0. The van der Waals surface area contributed by atoms with Crippen LogP contribution in [-0.2, 0) is 0 Å². The van der Waals surface area contributed by atoms with Crippen molar-refractivity contribution in [1.29, 1.82) is 0 Å². The van der Waals surface area contributed by atoms with E-state index in [1.54, 1.807) is 0 Å². The zero-order valence-electron chi connectivity index (χ0n) is 4.36. The Morgan fingerprint density at radius 2 is 1.50 bits per heavy atom. The molecule has 0 heterocycles. The highest BCUT2D eigenvalue weighted by molar-refractivity contribution is 4.73. The van der Waals surface area contributed by atoms with Gasteiger partial charge in [-0.1, -0.05) is 20.4 Å². The van der Waals surface area contributed by atoms with Gasteiger partial charge in [0.1, 0.15) is 0 Å². The predicted molar refractivity (Wildman–Crippen MR) is 31.0 cm³/mol. The third kappa shape index (κ3) is 42.0. The molecule has 2 nitrogen and oxygen atoms in total. The molecule has 0 fully saturated rings. The summed E-state index contributed by atoms with van der Waals surface area (Å²) in [5, 5.41) is 0. The molecule has 0 rings (SSSR count). The van der Waals surface area contributed by atoms with Gasteiger partial charge in [-0.15, -0.1) is 0 Å². The maximum absolute atomic E-state index is 4.69. The molecule has 0 aliphatic carbocycles. The summed E-state index contributed by atoms with van der Waals surface area (Å²) in [6, 6.07) is 0. The quantitative estimate of drug-likeness (QED) is 0.458. The van der Waals surface area contributed by atoms with Gasteiger partial charge in [-0.05, 0) is 0 Å². The Balaban J connectivity index is -0.0000000480. The molecule has 6 heavy (non-hydrogen) atoms. The molecular weight excluding hydrogens is 76.1 g/mol. The summed E-state index contributed by atoms with van der Waals surface area (Å²) in [4.78, 5) is 0. The lowest BCUT2D eigenvalue weighted by Crippen LogP contribution is -2.04. The van der Waals surface area contributed by atoms with E-state index in [-0.39, 0.29) is 7.25 Å². The van der Waals surface area contributed by atoms with Crippen LogP contribution >= 0.6 is 0 Å². The highest BCUT2D eigenvalue weighted by Crippen LogP contribution is 1.39. The van der Waals surface area contributed by atoms with Gasteiger partial charge in [0.05, 0.1) is 5.82 Å². The lowest BCUT2D eigenvalue weighted by molar-refractivity contribution is 1.27. The maximum Gasteiger partial charge on any atom is 0.0859 e. The first-order valence-electron chi connectivity index (χ1n) is 1.93. The first-order valence-corrected chi connectivity index (χ1v) is 1.93. The minimum atomic E-state index is 0. The number of rotatable bonds is 0. The van der Waals surface area contributed by atoms with Crippen LogP contribution in [0.1, 0.15) is 15.3 Å². The Bertz CT molecular complexity index is 32.7. The van der Waals surface area contributed by atoms with Gasteiger partial charge in [-0.3, -0.25) is 0 Å². The SMILES string of the molecule is C=C(N)N.CC.[HH]. The van der Waals surface area contributed by atoms with Crippen molar-refractivity contribution in [3.8, 4) is 0 Å². The molecule has 0 aromatic heterocycles. The van der Waals surface area contributed by atoms with Crippen LogP contribution in [0, 0.1) is 0 Å². The molecule has 4 N–H and O–H groups in total. The monoisotopic (exact) mass is 90.1 g/mol. The Kier molecular flexibility index (Phi) is 13.3. The third-order valence-electron chi connectivity index (χ3n) is 0. The molecule has 0 aromatic rings. The van der Waals surface area contributed by atoms with Gasteiger partial charge in [0.2, 0.25) is 0 Å². The van der Waals surface area contributed by atoms with E-state index < -0.39 is 0 Å². The van der Waals surface area contributed by atoms with Crippen molar-refractivity contribution >= 4 is 0 Å². The van der Waals surface area contributed by atoms with Crippen molar-refractivity contribution < 1.29 is 1.43 Å². The van der Waals surface area contributed by atoms with Gasteiger partial charge in [-0.25, -0.2) is 0 Å². The fourth-order valence-electron chi connectivity index (χ4n) is 0. The summed E-state index contributed by atoms with van der Waals surface area (Å²) in [5.74, 6) is 0.167. The van der Waals surface area contributed by atoms with Crippen LogP contribution < -0.4 is 11.5 Å². The standard InChI is InChI=1S/C2H6N2.C2H6.H2/c1-2(3)4;1-2;/h1,3-4H2;1-2H3;1H. The van der Waals surface area contributed by atoms with E-state index in [2.05, 4.69) is 6.58 Å². The highest BCUT2D eigenvalue weighted by Gasteiger charge is 1.48. The lowest BCUT2D eigenvalue weighted by atomic mass is 10.9. The van der Waals surface area contributed by atoms with E-state index in [1.807, 2.05) is 13.8 Å². The third-order valence-corrected chi connectivity index (χ3v) is 0. The normalized spacial score (nSPS) is 5.00. The predicted octanol–water partition coefficient (Wildman–Crippen LogP) is 0.647. The van der Waals surface area contributed by atoms with Crippen molar-refractivity contribution in [3.63, 3.8) is 0 Å². The molecule has 0 unspecified atom stereocenters. The molecule has 0 saturated heterocycles. The van der Waals surface area contributed by atoms with E-state index in [0.717, 1.165) is 0 Å². The van der Waals surface area contributed by atoms with E-state index in [9.17, 15) is 0 Å². The summed E-state index contributed by atoms with van der Waals surface area (Å²) in [5.41, 5.74) is 9.39. The van der Waals surface area contributed by atoms with Gasteiger partial charge in [0, 0.05) is 1.43 Å². The topological polar surface area (TPSA) is 52.0 Å². The average Bonchev–Trinajstić information content (AvgIpc) is 1.41. The fourth-order valence-corrected chi connectivity index (χ4v) is 0. The molecular formula is C4H14N2. The first-order chi connectivity index (χ1) is 2.73. The lowest BCUT2D eigenvalue weighted by Gasteiger charge is -1.72. The van der Waals surface area contributed by atoms with Crippen LogP contribution in [0.15, 0.2) is 12.4 Å². The molecule has 0 aromatic carbocycles. The molecule has 40 valence electrons. The van der Waals surface area contributed by atoms with Gasteiger partial charge in [0.15, 0.2) is 0 Å². The average molecular weight is 90.2 g/mol. The first kappa shape index (κ1) is 9.02. The molecule has 0 radical (unpaired) electrons. The van der Waals surface area contributed by atoms with Crippen molar-refractivity contribution in [3.05, 3.63) is 12.4 Å². The van der Waals surface area contributed by atoms with Crippen LogP contribution in [0.3, 0.4) is 0 Å². The maximum atomic E-state index is 4.69. The molecule has 0 aliphatic heterocycles. The van der Waals surface area contributed by atoms with Crippen LogP contribution in [0.25, 0.3) is 0 Å². The molecule has 0 amide bonds. The Labute approximate surface area is 40.3 Å². The van der Waals surface area contributed by atoms with Crippen molar-refractivity contribution in [2.45, 2.75) is 13.8 Å². The van der Waals surface area contributed by atoms with E-state index in [0.29, 0.717) is 0 Å². The second-order valence-corrected chi connectivity index (χ2v) is 0.575. The molecule has 0 saturated carbocycles. The molecule has 0 atom stereocenters.